The van der Waals surface area contributed by atoms with Gasteiger partial charge in [0.15, 0.2) is 6.10 Å². The molecule has 2 unspecified atom stereocenters. The molecule has 0 saturated heterocycles. The number of methoxy groups -OCH3 is 1. The predicted molar refractivity (Wildman–Crippen MR) is 116 cm³/mol. The van der Waals surface area contributed by atoms with E-state index < -0.39 is 17.7 Å². The van der Waals surface area contributed by atoms with Crippen LogP contribution in [0.15, 0.2) is 54.6 Å². The normalized spacial score (nSPS) is 22.0. The predicted octanol–water partition coefficient (Wildman–Crippen LogP) is 3.44. The van der Waals surface area contributed by atoms with Gasteiger partial charge in [-0.05, 0) is 50.2 Å². The number of aliphatic carboxylic acids is 1. The molecule has 1 fully saturated rings. The molecular weight excluding hydrogens is 382 g/mol. The molecule has 3 atom stereocenters. The highest BCUT2D eigenvalue weighted by Gasteiger charge is 2.40. The van der Waals surface area contributed by atoms with E-state index in [2.05, 4.69) is 19.0 Å². The van der Waals surface area contributed by atoms with E-state index in [0.717, 1.165) is 37.1 Å². The number of carboxylic acids is 1. The molecular formula is C24H33NO5. The van der Waals surface area contributed by atoms with Crippen LogP contribution in [-0.4, -0.2) is 53.9 Å². The third kappa shape index (κ3) is 6.29. The minimum Gasteiger partial charge on any atom is -0.497 e. The summed E-state index contributed by atoms with van der Waals surface area (Å²) in [5.74, 6) is -0.111. The number of carbonyl (C=O) groups is 1. The van der Waals surface area contributed by atoms with Crippen molar-refractivity contribution in [3.8, 4) is 5.75 Å². The second kappa shape index (κ2) is 11.1. The van der Waals surface area contributed by atoms with Gasteiger partial charge in [-0.15, -0.1) is 0 Å². The Balaban J connectivity index is 0.000000248. The maximum atomic E-state index is 11.2. The molecule has 30 heavy (non-hydrogen) atoms. The first-order valence-electron chi connectivity index (χ1n) is 10.3. The smallest absolute Gasteiger partial charge is 0.337 e. The van der Waals surface area contributed by atoms with Crippen molar-refractivity contribution in [1.29, 1.82) is 0 Å². The lowest BCUT2D eigenvalue weighted by molar-refractivity contribution is -0.146. The van der Waals surface area contributed by atoms with E-state index in [4.69, 9.17) is 14.9 Å². The van der Waals surface area contributed by atoms with Crippen molar-refractivity contribution in [3.05, 3.63) is 65.7 Å². The molecule has 0 heterocycles. The highest BCUT2D eigenvalue weighted by Crippen LogP contribution is 2.42. The summed E-state index contributed by atoms with van der Waals surface area (Å²) in [4.78, 5) is 12.4. The molecule has 0 aromatic heterocycles. The van der Waals surface area contributed by atoms with Crippen LogP contribution in [0.2, 0.25) is 0 Å². The van der Waals surface area contributed by atoms with Gasteiger partial charge in [-0.2, -0.15) is 0 Å². The van der Waals surface area contributed by atoms with Crippen molar-refractivity contribution in [2.45, 2.75) is 37.4 Å². The fraction of sp³-hybridized carbons (Fsp3) is 0.458. The number of hydrogen-bond acceptors (Lipinski definition) is 5. The first kappa shape index (κ1) is 23.9. The van der Waals surface area contributed by atoms with Crippen molar-refractivity contribution in [3.63, 3.8) is 0 Å². The summed E-state index contributed by atoms with van der Waals surface area (Å²) in [6.07, 6.45) is 2.84. The number of benzene rings is 2. The quantitative estimate of drug-likeness (QED) is 0.670. The van der Waals surface area contributed by atoms with Crippen LogP contribution in [0.3, 0.4) is 0 Å². The number of ether oxygens (including phenoxy) is 1. The maximum Gasteiger partial charge on any atom is 0.337 e. The van der Waals surface area contributed by atoms with Crippen molar-refractivity contribution in [1.82, 2.24) is 4.90 Å². The van der Waals surface area contributed by atoms with Crippen molar-refractivity contribution in [2.75, 3.05) is 27.7 Å². The van der Waals surface area contributed by atoms with Crippen LogP contribution < -0.4 is 4.74 Å². The van der Waals surface area contributed by atoms with E-state index in [9.17, 15) is 9.90 Å². The van der Waals surface area contributed by atoms with Gasteiger partial charge in [0.25, 0.3) is 0 Å². The molecule has 0 radical (unpaired) electrons. The third-order valence-electron chi connectivity index (χ3n) is 5.54. The zero-order chi connectivity index (χ0) is 22.1. The standard InChI is InChI=1S/C16H25NO2.C8H8O3/c1-17(2)12-14-7-4-5-10-16(14,18)13-8-6-9-15(11-13)19-3;9-7(8(10)11)6-4-2-1-3-5-6/h6,8-9,11,14,18H,4-5,7,10,12H2,1-3H3;1-5,7,9H,(H,10,11)/t14?,16-;/m0./s1. The highest BCUT2D eigenvalue weighted by atomic mass is 16.5. The Bertz CT molecular complexity index is 795. The molecule has 0 amide bonds. The Kier molecular flexibility index (Phi) is 8.84. The molecule has 0 aliphatic heterocycles. The lowest BCUT2D eigenvalue weighted by Crippen LogP contribution is -2.43. The topological polar surface area (TPSA) is 90.2 Å². The van der Waals surface area contributed by atoms with E-state index in [1.807, 2.05) is 24.3 Å². The van der Waals surface area contributed by atoms with E-state index in [1.54, 1.807) is 37.4 Å². The molecule has 1 aliphatic carbocycles. The molecule has 3 rings (SSSR count). The van der Waals surface area contributed by atoms with Crippen LogP contribution in [0.4, 0.5) is 0 Å². The summed E-state index contributed by atoms with van der Waals surface area (Å²) in [5.41, 5.74) is 0.690. The van der Waals surface area contributed by atoms with Crippen LogP contribution in [0.1, 0.15) is 42.9 Å². The second-order valence-electron chi connectivity index (χ2n) is 8.01. The van der Waals surface area contributed by atoms with E-state index in [-0.39, 0.29) is 0 Å². The summed E-state index contributed by atoms with van der Waals surface area (Å²) in [5, 5.41) is 28.6. The molecule has 3 N–H and O–H groups in total. The van der Waals surface area contributed by atoms with E-state index >= 15 is 0 Å². The SMILES string of the molecule is COc1cccc([C@@]2(O)CCCCC2CN(C)C)c1.O=C(O)C(O)c1ccccc1. The molecule has 0 spiro atoms. The lowest BCUT2D eigenvalue weighted by atomic mass is 9.71. The third-order valence-corrected chi connectivity index (χ3v) is 5.54. The number of hydrogen-bond donors (Lipinski definition) is 3. The van der Waals surface area contributed by atoms with Crippen molar-refractivity contribution in [2.24, 2.45) is 5.92 Å². The molecule has 1 aliphatic rings. The van der Waals surface area contributed by atoms with Gasteiger partial charge in [0, 0.05) is 12.5 Å². The summed E-state index contributed by atoms with van der Waals surface area (Å²) in [6, 6.07) is 16.2. The first-order chi connectivity index (χ1) is 14.3. The zero-order valence-electron chi connectivity index (χ0n) is 18.0. The van der Waals surface area contributed by atoms with Crippen LogP contribution in [-0.2, 0) is 10.4 Å². The van der Waals surface area contributed by atoms with Gasteiger partial charge in [0.1, 0.15) is 5.75 Å². The van der Waals surface area contributed by atoms with E-state index in [0.29, 0.717) is 11.5 Å². The largest absolute Gasteiger partial charge is 0.497 e. The average molecular weight is 416 g/mol. The zero-order valence-corrected chi connectivity index (χ0v) is 18.0. The number of aliphatic hydroxyl groups is 2. The Hall–Kier alpha value is -2.41. The first-order valence-corrected chi connectivity index (χ1v) is 10.3. The molecule has 6 nitrogen and oxygen atoms in total. The molecule has 6 heteroatoms. The molecule has 2 aromatic rings. The number of carboxylic acid groups (broad SMARTS) is 1. The van der Waals surface area contributed by atoms with E-state index in [1.165, 1.54) is 6.42 Å². The van der Waals surface area contributed by atoms with Gasteiger partial charge in [-0.1, -0.05) is 55.3 Å². The minimum absolute atomic E-state index is 0.295. The van der Waals surface area contributed by atoms with Crippen molar-refractivity contribution < 1.29 is 24.9 Å². The summed E-state index contributed by atoms with van der Waals surface area (Å²) >= 11 is 0. The molecule has 1 saturated carbocycles. The maximum absolute atomic E-state index is 11.2. The number of nitrogens with zero attached hydrogens (tertiary/aromatic N) is 1. The summed E-state index contributed by atoms with van der Waals surface area (Å²) in [7, 11) is 5.81. The Morgan fingerprint density at radius 1 is 1.17 bits per heavy atom. The van der Waals surface area contributed by atoms with Crippen molar-refractivity contribution >= 4 is 5.97 Å². The van der Waals surface area contributed by atoms with Crippen LogP contribution >= 0.6 is 0 Å². The van der Waals surface area contributed by atoms with Crippen LogP contribution in [0.5, 0.6) is 5.75 Å². The fourth-order valence-electron chi connectivity index (χ4n) is 3.96. The molecule has 0 bridgehead atoms. The van der Waals surface area contributed by atoms with Gasteiger partial charge in [0.2, 0.25) is 0 Å². The lowest BCUT2D eigenvalue weighted by Gasteiger charge is -2.41. The summed E-state index contributed by atoms with van der Waals surface area (Å²) in [6.45, 7) is 0.924. The Labute approximate surface area is 178 Å². The van der Waals surface area contributed by atoms with Gasteiger partial charge in [0.05, 0.1) is 12.7 Å². The van der Waals surface area contributed by atoms with Gasteiger partial charge >= 0.3 is 5.97 Å². The average Bonchev–Trinajstić information content (AvgIpc) is 2.75. The highest BCUT2D eigenvalue weighted by molar-refractivity contribution is 5.73. The Morgan fingerprint density at radius 3 is 2.47 bits per heavy atom. The monoisotopic (exact) mass is 415 g/mol. The van der Waals surface area contributed by atoms with Gasteiger partial charge < -0.3 is 25.0 Å². The van der Waals surface area contributed by atoms with Crippen LogP contribution in [0, 0.1) is 5.92 Å². The second-order valence-corrected chi connectivity index (χ2v) is 8.01. The fourth-order valence-corrected chi connectivity index (χ4v) is 3.96. The minimum atomic E-state index is -1.41. The van der Waals surface area contributed by atoms with Crippen LogP contribution in [0.25, 0.3) is 0 Å². The molecule has 2 aromatic carbocycles. The van der Waals surface area contributed by atoms with Gasteiger partial charge in [-0.25, -0.2) is 4.79 Å². The molecule has 164 valence electrons. The number of aliphatic hydroxyl groups excluding tert-OH is 1. The summed E-state index contributed by atoms with van der Waals surface area (Å²) < 4.78 is 5.29. The number of rotatable bonds is 6. The van der Waals surface area contributed by atoms with Gasteiger partial charge in [-0.3, -0.25) is 0 Å². The Morgan fingerprint density at radius 2 is 1.87 bits per heavy atom.